The minimum atomic E-state index is -0.281. The summed E-state index contributed by atoms with van der Waals surface area (Å²) in [6.07, 6.45) is 27.0. The van der Waals surface area contributed by atoms with Crippen LogP contribution in [-0.2, 0) is 9.47 Å². The molecule has 6 atom stereocenters. The van der Waals surface area contributed by atoms with Gasteiger partial charge in [-0.15, -0.1) is 0 Å². The first kappa shape index (κ1) is 35.1. The Morgan fingerprint density at radius 3 is 1.91 bits per heavy atom. The van der Waals surface area contributed by atoms with Crippen molar-refractivity contribution in [1.29, 1.82) is 0 Å². The Morgan fingerprint density at radius 1 is 0.659 bits per heavy atom. The highest BCUT2D eigenvalue weighted by Gasteiger charge is 2.75. The van der Waals surface area contributed by atoms with Crippen LogP contribution in [-0.4, -0.2) is 44.8 Å². The van der Waals surface area contributed by atoms with Gasteiger partial charge in [0, 0.05) is 18.3 Å². The second-order valence-corrected chi connectivity index (χ2v) is 16.4. The molecule has 4 fully saturated rings. The fourth-order valence-corrected chi connectivity index (χ4v) is 8.91. The van der Waals surface area contributed by atoms with Crippen molar-refractivity contribution in [2.75, 3.05) is 0 Å². The third-order valence-corrected chi connectivity index (χ3v) is 11.5. The van der Waals surface area contributed by atoms with Gasteiger partial charge in [-0.25, -0.2) is 0 Å². The van der Waals surface area contributed by atoms with E-state index in [2.05, 4.69) is 118 Å². The topological polar surface area (TPSA) is 65.5 Å². The number of hydrogen-bond acceptors (Lipinski definition) is 4. The van der Waals surface area contributed by atoms with Crippen molar-refractivity contribution in [2.45, 2.75) is 168 Å². The van der Waals surface area contributed by atoms with Gasteiger partial charge in [-0.3, -0.25) is 0 Å². The van der Waals surface area contributed by atoms with Crippen LogP contribution in [0.1, 0.15) is 133 Å². The molecule has 2 saturated carbocycles. The number of aliphatic hydroxyl groups excluding tert-OH is 2. The third kappa shape index (κ3) is 7.14. The summed E-state index contributed by atoms with van der Waals surface area (Å²) in [5, 5.41) is 20.6. The van der Waals surface area contributed by atoms with Crippen LogP contribution in [0.4, 0.5) is 0 Å². The largest absolute Gasteiger partial charge is 0.393 e. The average Bonchev–Trinajstić information content (AvgIpc) is 3.73. The first-order chi connectivity index (χ1) is 20.4. The van der Waals surface area contributed by atoms with Crippen LogP contribution < -0.4 is 0 Å². The lowest BCUT2D eigenvalue weighted by molar-refractivity contribution is 0.0318. The van der Waals surface area contributed by atoms with Crippen molar-refractivity contribution in [3.8, 4) is 0 Å². The molecule has 246 valence electrons. The first-order valence-electron chi connectivity index (χ1n) is 17.2. The smallest absolute Gasteiger partial charge is 0.121 e. The number of fused-ring (bicyclic) bond motifs is 2. The van der Waals surface area contributed by atoms with Crippen LogP contribution >= 0.6 is 0 Å². The Bertz CT molecular complexity index is 1240. The molecule has 0 amide bonds. The zero-order valence-corrected chi connectivity index (χ0v) is 29.6. The number of unbranched alkanes of at least 4 members (excludes halogenated alkanes) is 1. The molecule has 0 radical (unpaired) electrons. The molecule has 4 nitrogen and oxygen atoms in total. The summed E-state index contributed by atoms with van der Waals surface area (Å²) in [6, 6.07) is 0. The molecule has 2 heterocycles. The van der Waals surface area contributed by atoms with Crippen molar-refractivity contribution in [1.82, 2.24) is 0 Å². The first-order valence-corrected chi connectivity index (χ1v) is 17.2. The molecular weight excluding hydrogens is 544 g/mol. The summed E-state index contributed by atoms with van der Waals surface area (Å²) in [7, 11) is 0. The molecule has 2 N–H and O–H groups in total. The SMILES string of the molecule is CC(/C=C/[C@@]12O[C@]1(C)C[C@@H](O)CC2(C)C)=C\C=C\C(C)=C\CC/C=C(\C)CC/C=C(\C)CC[C@@]12O[C@]1(C)C[C@@H](O)CC2(C)C. The Kier molecular flexibility index (Phi) is 10.2. The highest BCUT2D eigenvalue weighted by atomic mass is 16.6. The van der Waals surface area contributed by atoms with Gasteiger partial charge in [0.25, 0.3) is 0 Å². The molecule has 0 aromatic heterocycles. The van der Waals surface area contributed by atoms with E-state index in [1.165, 1.54) is 22.3 Å². The maximum Gasteiger partial charge on any atom is 0.121 e. The fourth-order valence-electron chi connectivity index (χ4n) is 8.91. The number of ether oxygens (including phenoxy) is 2. The molecule has 0 bridgehead atoms. The highest BCUT2D eigenvalue weighted by molar-refractivity contribution is 5.36. The normalized spacial score (nSPS) is 38.6. The molecule has 4 aliphatic rings. The molecule has 0 aromatic carbocycles. The van der Waals surface area contributed by atoms with E-state index in [1.54, 1.807) is 0 Å². The molecule has 2 aliphatic carbocycles. The van der Waals surface area contributed by atoms with E-state index in [4.69, 9.17) is 9.47 Å². The quantitative estimate of drug-likeness (QED) is 0.0948. The number of hydrogen-bond donors (Lipinski definition) is 2. The lowest BCUT2D eigenvalue weighted by Gasteiger charge is -2.40. The van der Waals surface area contributed by atoms with Gasteiger partial charge < -0.3 is 19.7 Å². The van der Waals surface area contributed by atoms with Crippen molar-refractivity contribution in [3.63, 3.8) is 0 Å². The second kappa shape index (κ2) is 12.8. The molecular formula is C40H62O4. The van der Waals surface area contributed by atoms with Gasteiger partial charge in [-0.05, 0) is 104 Å². The monoisotopic (exact) mass is 606 g/mol. The fraction of sp³-hybridized carbons (Fsp3) is 0.700. The Balaban J connectivity index is 1.16. The third-order valence-electron chi connectivity index (χ3n) is 11.5. The summed E-state index contributed by atoms with van der Waals surface area (Å²) in [4.78, 5) is 0. The molecule has 44 heavy (non-hydrogen) atoms. The van der Waals surface area contributed by atoms with Crippen LogP contribution in [0, 0.1) is 10.8 Å². The van der Waals surface area contributed by atoms with Gasteiger partial charge in [-0.2, -0.15) is 0 Å². The second-order valence-electron chi connectivity index (χ2n) is 16.4. The lowest BCUT2D eigenvalue weighted by atomic mass is 9.61. The van der Waals surface area contributed by atoms with E-state index in [0.717, 1.165) is 57.8 Å². The minimum absolute atomic E-state index is 0.0155. The van der Waals surface area contributed by atoms with Gasteiger partial charge in [0.2, 0.25) is 0 Å². The van der Waals surface area contributed by atoms with E-state index < -0.39 is 0 Å². The molecule has 4 rings (SSSR count). The molecule has 4 heteroatoms. The van der Waals surface area contributed by atoms with Crippen molar-refractivity contribution < 1.29 is 19.7 Å². The number of rotatable bonds is 13. The average molecular weight is 607 g/mol. The van der Waals surface area contributed by atoms with Crippen LogP contribution in [0.5, 0.6) is 0 Å². The standard InChI is InChI=1S/C40H62O4/c1-29(17-13-19-31(3)21-23-39-35(5,6)25-33(41)27-37(39,9)43-39)15-11-12-16-30(2)18-14-20-32(4)22-24-40-36(7,8)26-34(42)28-38(40,10)44-40/h13,15-17,19-21,23,33-34,41-42H,11-12,14,18,22,24-28H2,1-10H3/b17-13+,23-21+,29-15+,30-16+,31-19+,32-20+/t33-,34-,37+,38+,39-,40-/m0/s1. The van der Waals surface area contributed by atoms with Crippen LogP contribution in [0.25, 0.3) is 0 Å². The van der Waals surface area contributed by atoms with E-state index in [-0.39, 0.29) is 45.4 Å². The summed E-state index contributed by atoms with van der Waals surface area (Å²) in [5.41, 5.74) is 4.56. The van der Waals surface area contributed by atoms with Crippen LogP contribution in [0.3, 0.4) is 0 Å². The maximum atomic E-state index is 10.3. The Morgan fingerprint density at radius 2 is 1.25 bits per heavy atom. The van der Waals surface area contributed by atoms with Crippen molar-refractivity contribution in [3.05, 3.63) is 70.9 Å². The zero-order chi connectivity index (χ0) is 32.6. The molecule has 2 saturated heterocycles. The van der Waals surface area contributed by atoms with Crippen LogP contribution in [0.15, 0.2) is 70.9 Å². The van der Waals surface area contributed by atoms with Crippen molar-refractivity contribution >= 4 is 0 Å². The van der Waals surface area contributed by atoms with E-state index in [1.807, 2.05) is 0 Å². The van der Waals surface area contributed by atoms with Gasteiger partial charge in [0.15, 0.2) is 0 Å². The van der Waals surface area contributed by atoms with E-state index in [9.17, 15) is 10.2 Å². The summed E-state index contributed by atoms with van der Waals surface area (Å²) < 4.78 is 12.6. The maximum absolute atomic E-state index is 10.3. The predicted octanol–water partition coefficient (Wildman–Crippen LogP) is 9.64. The Labute approximate surface area is 269 Å². The predicted molar refractivity (Wildman–Crippen MR) is 183 cm³/mol. The lowest BCUT2D eigenvalue weighted by Crippen LogP contribution is -2.47. The van der Waals surface area contributed by atoms with Gasteiger partial charge in [-0.1, -0.05) is 92.5 Å². The minimum Gasteiger partial charge on any atom is -0.393 e. The van der Waals surface area contributed by atoms with Crippen molar-refractivity contribution in [2.24, 2.45) is 10.8 Å². The molecule has 0 aromatic rings. The number of aliphatic hydroxyl groups is 2. The number of allylic oxidation sites excluding steroid dienone is 11. The van der Waals surface area contributed by atoms with Gasteiger partial charge in [0.05, 0.1) is 17.8 Å². The molecule has 0 spiro atoms. The number of epoxide rings is 2. The van der Waals surface area contributed by atoms with E-state index in [0.29, 0.717) is 6.42 Å². The van der Waals surface area contributed by atoms with Gasteiger partial charge in [0.1, 0.15) is 16.8 Å². The van der Waals surface area contributed by atoms with Crippen LogP contribution in [0.2, 0.25) is 0 Å². The zero-order valence-electron chi connectivity index (χ0n) is 29.6. The molecule has 2 aliphatic heterocycles. The highest BCUT2D eigenvalue weighted by Crippen LogP contribution is 2.68. The van der Waals surface area contributed by atoms with E-state index >= 15 is 0 Å². The Hall–Kier alpha value is -1.72. The summed E-state index contributed by atoms with van der Waals surface area (Å²) >= 11 is 0. The van der Waals surface area contributed by atoms with Gasteiger partial charge >= 0.3 is 0 Å². The summed E-state index contributed by atoms with van der Waals surface area (Å²) in [5.74, 6) is 0. The molecule has 0 unspecified atom stereocenters. The summed E-state index contributed by atoms with van der Waals surface area (Å²) in [6.45, 7) is 22.1.